The molecule has 0 aliphatic heterocycles. The molecular weight excluding hydrogens is 524 g/mol. The van der Waals surface area contributed by atoms with Crippen molar-refractivity contribution in [2.24, 2.45) is 0 Å². The zero-order chi connectivity index (χ0) is 9.38. The summed E-state index contributed by atoms with van der Waals surface area (Å²) in [5, 5.41) is 4.06. The molecule has 0 aliphatic carbocycles. The molecule has 4 heteroatoms. The maximum atomic E-state index is 3.29. The van der Waals surface area contributed by atoms with Gasteiger partial charge in [-0.05, 0) is 0 Å². The van der Waals surface area contributed by atoms with Crippen LogP contribution in [0.4, 0.5) is 0 Å². The average molecular weight is 530 g/mol. The van der Waals surface area contributed by atoms with E-state index in [-0.39, 0.29) is 131 Å². The van der Waals surface area contributed by atoms with Crippen molar-refractivity contribution in [1.82, 2.24) is 0 Å². The zero-order valence-corrected chi connectivity index (χ0v) is 21.1. The topological polar surface area (TPSA) is 0 Å². The molecule has 0 N–H and O–H groups in total. The Morgan fingerprint density at radius 3 is 1.39 bits per heavy atom. The number of hydrogen-bond acceptors (Lipinski definition) is 0. The van der Waals surface area contributed by atoms with Crippen LogP contribution in [0, 0.1) is 24.3 Å². The van der Waals surface area contributed by atoms with Gasteiger partial charge in [-0.25, -0.2) is 0 Å². The van der Waals surface area contributed by atoms with Gasteiger partial charge in [-0.3, -0.25) is 0 Å². The molecule has 0 atom stereocenters. The molecule has 0 aliphatic rings. The van der Waals surface area contributed by atoms with E-state index in [9.17, 15) is 0 Å². The van der Waals surface area contributed by atoms with E-state index < -0.39 is 0 Å². The van der Waals surface area contributed by atoms with Gasteiger partial charge in [0.2, 0.25) is 0 Å². The third-order valence-electron chi connectivity index (χ3n) is 2.24. The molecular formula is C14H6Y4-4. The van der Waals surface area contributed by atoms with Gasteiger partial charge < -0.3 is 47.2 Å². The van der Waals surface area contributed by atoms with Gasteiger partial charge in [-0.2, -0.15) is 0 Å². The van der Waals surface area contributed by atoms with Gasteiger partial charge >= 0.3 is 0 Å². The fourth-order valence-corrected chi connectivity index (χ4v) is 1.56. The van der Waals surface area contributed by atoms with E-state index in [1.54, 1.807) is 0 Å². The first-order chi connectivity index (χ1) is 6.93. The number of benzene rings is 3. The van der Waals surface area contributed by atoms with Crippen molar-refractivity contribution in [1.29, 1.82) is 0 Å². The molecule has 0 bridgehead atoms. The summed E-state index contributed by atoms with van der Waals surface area (Å²) in [4.78, 5) is 0. The van der Waals surface area contributed by atoms with E-state index in [4.69, 9.17) is 0 Å². The third-order valence-corrected chi connectivity index (χ3v) is 2.24. The first-order valence-electron chi connectivity index (χ1n) is 4.49. The molecule has 0 spiro atoms. The summed E-state index contributed by atoms with van der Waals surface area (Å²) < 4.78 is 0. The fraction of sp³-hybridized carbons (Fsp3) is 0. The number of hydrogen-bond donors (Lipinski definition) is 0. The summed E-state index contributed by atoms with van der Waals surface area (Å²) in [6.45, 7) is 0. The minimum atomic E-state index is 0. The second kappa shape index (κ2) is 11.2. The van der Waals surface area contributed by atoms with Crippen molar-refractivity contribution in [2.45, 2.75) is 0 Å². The van der Waals surface area contributed by atoms with Crippen molar-refractivity contribution in [2.75, 3.05) is 0 Å². The minimum absolute atomic E-state index is 0. The number of rotatable bonds is 0. The van der Waals surface area contributed by atoms with E-state index in [0.29, 0.717) is 0 Å². The summed E-state index contributed by atoms with van der Waals surface area (Å²) >= 11 is 0. The van der Waals surface area contributed by atoms with Crippen molar-refractivity contribution in [3.8, 4) is 0 Å². The van der Waals surface area contributed by atoms with Gasteiger partial charge in [0.25, 0.3) is 0 Å². The average Bonchev–Trinajstić information content (AvgIpc) is 2.26. The van der Waals surface area contributed by atoms with Crippen LogP contribution in [0.3, 0.4) is 0 Å². The van der Waals surface area contributed by atoms with E-state index in [1.807, 2.05) is 36.4 Å². The third kappa shape index (κ3) is 5.42. The van der Waals surface area contributed by atoms with Gasteiger partial charge in [0, 0.05) is 131 Å². The molecule has 78 valence electrons. The van der Waals surface area contributed by atoms with E-state index in [0.717, 1.165) is 21.5 Å². The molecule has 0 saturated carbocycles. The Bertz CT molecular complexity index is 503. The van der Waals surface area contributed by atoms with E-state index in [1.165, 1.54) is 0 Å². The Labute approximate surface area is 208 Å². The standard InChI is InChI=1S/C14H6.4Y/c1-2-6-12-10-14-8-4-3-7-13(14)9-11(12)5-1;;;;/h1-6H;;;;/q-4;;;;. The second-order valence-corrected chi connectivity index (χ2v) is 3.17. The van der Waals surface area contributed by atoms with Crippen LogP contribution in [0.1, 0.15) is 0 Å². The molecule has 4 radical (unpaired) electrons. The Morgan fingerprint density at radius 2 is 1.00 bits per heavy atom. The summed E-state index contributed by atoms with van der Waals surface area (Å²) in [7, 11) is 0. The van der Waals surface area contributed by atoms with Crippen LogP contribution >= 0.6 is 0 Å². The first kappa shape index (κ1) is 22.9. The summed E-state index contributed by atoms with van der Waals surface area (Å²) in [6, 6.07) is 24.6. The smallest absolute Gasteiger partial charge is 0 e. The first-order valence-corrected chi connectivity index (χ1v) is 4.49. The van der Waals surface area contributed by atoms with Gasteiger partial charge in [0.1, 0.15) is 0 Å². The van der Waals surface area contributed by atoms with Gasteiger partial charge in [0.05, 0.1) is 0 Å². The van der Waals surface area contributed by atoms with Crippen LogP contribution in [0.5, 0.6) is 0 Å². The van der Waals surface area contributed by atoms with E-state index >= 15 is 0 Å². The predicted molar refractivity (Wildman–Crippen MR) is 56.8 cm³/mol. The molecule has 3 aromatic carbocycles. The van der Waals surface area contributed by atoms with Crippen LogP contribution in [-0.2, 0) is 131 Å². The molecule has 18 heavy (non-hydrogen) atoms. The molecule has 0 unspecified atom stereocenters. The van der Waals surface area contributed by atoms with Gasteiger partial charge in [-0.1, -0.05) is 24.3 Å². The molecule has 0 saturated heterocycles. The quantitative estimate of drug-likeness (QED) is 0.310. The summed E-state index contributed by atoms with van der Waals surface area (Å²) in [5.41, 5.74) is 0. The van der Waals surface area contributed by atoms with E-state index in [2.05, 4.69) is 24.3 Å². The Kier molecular flexibility index (Phi) is 14.2. The Morgan fingerprint density at radius 1 is 0.611 bits per heavy atom. The molecule has 0 fully saturated rings. The molecule has 3 rings (SSSR count). The van der Waals surface area contributed by atoms with Crippen LogP contribution in [0.2, 0.25) is 0 Å². The zero-order valence-electron chi connectivity index (χ0n) is 9.77. The maximum Gasteiger partial charge on any atom is 0 e. The van der Waals surface area contributed by atoms with Gasteiger partial charge in [0.15, 0.2) is 0 Å². The molecule has 0 heterocycles. The molecule has 3 aromatic rings. The van der Waals surface area contributed by atoms with Crippen LogP contribution in [0.25, 0.3) is 21.5 Å². The largest absolute Gasteiger partial charge is 0.485 e. The van der Waals surface area contributed by atoms with Crippen molar-refractivity contribution >= 4 is 21.5 Å². The van der Waals surface area contributed by atoms with Crippen molar-refractivity contribution < 1.29 is 131 Å². The molecule has 0 aromatic heterocycles. The van der Waals surface area contributed by atoms with Crippen molar-refractivity contribution in [3.63, 3.8) is 0 Å². The Balaban J connectivity index is 0. The van der Waals surface area contributed by atoms with Crippen LogP contribution in [-0.4, -0.2) is 0 Å². The van der Waals surface area contributed by atoms with Crippen LogP contribution in [0.15, 0.2) is 36.4 Å². The maximum absolute atomic E-state index is 3.29. The monoisotopic (exact) mass is 530 g/mol. The summed E-state index contributed by atoms with van der Waals surface area (Å²) in [5.74, 6) is 0. The normalized spacial score (nSPS) is 8.44. The minimum Gasteiger partial charge on any atom is -0.485 e. The second-order valence-electron chi connectivity index (χ2n) is 3.17. The number of fused-ring (bicyclic) bond motifs is 2. The fourth-order valence-electron chi connectivity index (χ4n) is 1.56. The predicted octanol–water partition coefficient (Wildman–Crippen LogP) is 3.18. The summed E-state index contributed by atoms with van der Waals surface area (Å²) in [6.07, 6.45) is 0. The van der Waals surface area contributed by atoms with Crippen LogP contribution < -0.4 is 0 Å². The Hall–Kier alpha value is 2.60. The molecule has 0 amide bonds. The van der Waals surface area contributed by atoms with Crippen molar-refractivity contribution in [3.05, 3.63) is 60.7 Å². The molecule has 0 nitrogen and oxygen atoms in total. The SMILES string of the molecule is [Y].[Y].[Y].[Y].[c-]1cc[c-]c2[c-]c3ccccc3[c-]c12. The van der Waals surface area contributed by atoms with Gasteiger partial charge in [-0.15, -0.1) is 10.8 Å².